The molecule has 102 valence electrons. The van der Waals surface area contributed by atoms with Gasteiger partial charge in [-0.3, -0.25) is 4.79 Å². The summed E-state index contributed by atoms with van der Waals surface area (Å²) in [5, 5.41) is 3.03. The third kappa shape index (κ3) is 2.63. The summed E-state index contributed by atoms with van der Waals surface area (Å²) in [6.45, 7) is 0. The number of aryl methyl sites for hydroxylation is 1. The number of hydrogen-bond acceptors (Lipinski definition) is 1. The zero-order chi connectivity index (χ0) is 13.9. The van der Waals surface area contributed by atoms with Crippen molar-refractivity contribution in [1.29, 1.82) is 0 Å². The maximum Gasteiger partial charge on any atom is 0.231 e. The third-order valence-electron chi connectivity index (χ3n) is 3.82. The Bertz CT molecular complexity index is 638. The van der Waals surface area contributed by atoms with Gasteiger partial charge in [-0.05, 0) is 58.5 Å². The number of carbonyl (C=O) groups is 1. The molecule has 1 aliphatic rings. The SMILES string of the molecule is O=C(Nc1ccccc1Br)C1CCCc2ccccc21. The molecule has 1 atom stereocenters. The van der Waals surface area contributed by atoms with E-state index in [1.807, 2.05) is 36.4 Å². The first-order chi connectivity index (χ1) is 9.75. The van der Waals surface area contributed by atoms with E-state index in [0.717, 1.165) is 29.4 Å². The van der Waals surface area contributed by atoms with E-state index in [2.05, 4.69) is 33.4 Å². The van der Waals surface area contributed by atoms with Crippen molar-refractivity contribution in [1.82, 2.24) is 0 Å². The topological polar surface area (TPSA) is 29.1 Å². The van der Waals surface area contributed by atoms with Gasteiger partial charge in [-0.25, -0.2) is 0 Å². The predicted molar refractivity (Wildman–Crippen MR) is 84.9 cm³/mol. The number of halogens is 1. The van der Waals surface area contributed by atoms with Gasteiger partial charge >= 0.3 is 0 Å². The molecule has 3 rings (SSSR count). The molecular weight excluding hydrogens is 314 g/mol. The summed E-state index contributed by atoms with van der Waals surface area (Å²) in [6.07, 6.45) is 3.08. The Morgan fingerprint density at radius 3 is 2.70 bits per heavy atom. The summed E-state index contributed by atoms with van der Waals surface area (Å²) >= 11 is 3.47. The van der Waals surface area contributed by atoms with Crippen LogP contribution >= 0.6 is 15.9 Å². The fourth-order valence-electron chi connectivity index (χ4n) is 2.81. The molecule has 20 heavy (non-hydrogen) atoms. The standard InChI is InChI=1S/C17H16BrNO/c18-15-10-3-4-11-16(15)19-17(20)14-9-5-7-12-6-1-2-8-13(12)14/h1-4,6,8,10-11,14H,5,7,9H2,(H,19,20). The van der Waals surface area contributed by atoms with Crippen molar-refractivity contribution in [2.24, 2.45) is 0 Å². The first-order valence-electron chi connectivity index (χ1n) is 6.89. The number of amides is 1. The van der Waals surface area contributed by atoms with Gasteiger partial charge in [-0.15, -0.1) is 0 Å². The molecule has 0 bridgehead atoms. The van der Waals surface area contributed by atoms with Gasteiger partial charge in [0.2, 0.25) is 5.91 Å². The average molecular weight is 330 g/mol. The van der Waals surface area contributed by atoms with Crippen LogP contribution in [0.15, 0.2) is 53.0 Å². The highest BCUT2D eigenvalue weighted by Gasteiger charge is 2.26. The molecule has 0 saturated heterocycles. The first-order valence-corrected chi connectivity index (χ1v) is 7.68. The summed E-state index contributed by atoms with van der Waals surface area (Å²) < 4.78 is 0.914. The van der Waals surface area contributed by atoms with Crippen LogP contribution in [0.25, 0.3) is 0 Å². The number of fused-ring (bicyclic) bond motifs is 1. The molecule has 0 heterocycles. The van der Waals surface area contributed by atoms with E-state index in [4.69, 9.17) is 0 Å². The lowest BCUT2D eigenvalue weighted by Gasteiger charge is -2.24. The normalized spacial score (nSPS) is 17.4. The molecule has 1 unspecified atom stereocenters. The molecule has 0 aromatic heterocycles. The quantitative estimate of drug-likeness (QED) is 0.862. The summed E-state index contributed by atoms with van der Waals surface area (Å²) in [7, 11) is 0. The fourth-order valence-corrected chi connectivity index (χ4v) is 3.19. The predicted octanol–water partition coefficient (Wildman–Crippen LogP) is 4.51. The number of para-hydroxylation sites is 1. The molecule has 2 aromatic rings. The van der Waals surface area contributed by atoms with Gasteiger partial charge in [0.1, 0.15) is 0 Å². The van der Waals surface area contributed by atoms with E-state index < -0.39 is 0 Å². The Kier molecular flexibility index (Phi) is 3.88. The Morgan fingerprint density at radius 1 is 1.10 bits per heavy atom. The van der Waals surface area contributed by atoms with E-state index in [-0.39, 0.29) is 11.8 Å². The first kappa shape index (κ1) is 13.4. The van der Waals surface area contributed by atoms with Crippen molar-refractivity contribution in [3.05, 3.63) is 64.1 Å². The minimum atomic E-state index is -0.0351. The summed E-state index contributed by atoms with van der Waals surface area (Å²) in [5.74, 6) is 0.0520. The van der Waals surface area contributed by atoms with Crippen LogP contribution in [0.5, 0.6) is 0 Å². The highest BCUT2D eigenvalue weighted by molar-refractivity contribution is 9.10. The van der Waals surface area contributed by atoms with Crippen LogP contribution < -0.4 is 5.32 Å². The summed E-state index contributed by atoms with van der Waals surface area (Å²) in [6, 6.07) is 16.0. The van der Waals surface area contributed by atoms with Crippen LogP contribution in [-0.4, -0.2) is 5.91 Å². The van der Waals surface area contributed by atoms with Crippen LogP contribution in [0.1, 0.15) is 29.9 Å². The molecule has 2 nitrogen and oxygen atoms in total. The van der Waals surface area contributed by atoms with Crippen molar-refractivity contribution in [3.63, 3.8) is 0 Å². The maximum absolute atomic E-state index is 12.6. The monoisotopic (exact) mass is 329 g/mol. The number of benzene rings is 2. The van der Waals surface area contributed by atoms with Crippen LogP contribution in [0.4, 0.5) is 5.69 Å². The molecule has 3 heteroatoms. The van der Waals surface area contributed by atoms with E-state index in [0.29, 0.717) is 0 Å². The summed E-state index contributed by atoms with van der Waals surface area (Å²) in [5.41, 5.74) is 3.33. The van der Waals surface area contributed by atoms with Crippen molar-refractivity contribution in [3.8, 4) is 0 Å². The number of anilines is 1. The van der Waals surface area contributed by atoms with Gasteiger partial charge in [0.25, 0.3) is 0 Å². The van der Waals surface area contributed by atoms with Gasteiger partial charge in [-0.1, -0.05) is 36.4 Å². The highest BCUT2D eigenvalue weighted by atomic mass is 79.9. The number of nitrogens with one attached hydrogen (secondary N) is 1. The molecule has 0 spiro atoms. The zero-order valence-corrected chi connectivity index (χ0v) is 12.7. The Morgan fingerprint density at radius 2 is 1.85 bits per heavy atom. The largest absolute Gasteiger partial charge is 0.325 e. The van der Waals surface area contributed by atoms with Gasteiger partial charge in [0.05, 0.1) is 11.6 Å². The van der Waals surface area contributed by atoms with Crippen LogP contribution in [0.3, 0.4) is 0 Å². The molecule has 0 saturated carbocycles. The second-order valence-corrected chi connectivity index (χ2v) is 5.97. The van der Waals surface area contributed by atoms with Crippen molar-refractivity contribution in [2.75, 3.05) is 5.32 Å². The Balaban J connectivity index is 1.84. The lowest BCUT2D eigenvalue weighted by molar-refractivity contribution is -0.117. The molecular formula is C17H16BrNO. The molecule has 0 aliphatic heterocycles. The number of rotatable bonds is 2. The molecule has 1 amide bonds. The van der Waals surface area contributed by atoms with E-state index in [1.54, 1.807) is 0 Å². The van der Waals surface area contributed by atoms with Gasteiger partial charge in [0, 0.05) is 4.47 Å². The molecule has 1 N–H and O–H groups in total. The van der Waals surface area contributed by atoms with Gasteiger partial charge < -0.3 is 5.32 Å². The average Bonchev–Trinajstić information content (AvgIpc) is 2.49. The van der Waals surface area contributed by atoms with Crippen molar-refractivity contribution in [2.45, 2.75) is 25.2 Å². The van der Waals surface area contributed by atoms with Crippen LogP contribution in [0, 0.1) is 0 Å². The van der Waals surface area contributed by atoms with E-state index in [9.17, 15) is 4.79 Å². The lowest BCUT2D eigenvalue weighted by atomic mass is 9.82. The van der Waals surface area contributed by atoms with E-state index in [1.165, 1.54) is 11.1 Å². The fraction of sp³-hybridized carbons (Fsp3) is 0.235. The molecule has 2 aromatic carbocycles. The Labute approximate surface area is 127 Å². The highest BCUT2D eigenvalue weighted by Crippen LogP contribution is 2.33. The molecule has 0 fully saturated rings. The summed E-state index contributed by atoms with van der Waals surface area (Å²) in [4.78, 5) is 12.6. The second kappa shape index (κ2) is 5.80. The minimum absolute atomic E-state index is 0.0351. The zero-order valence-electron chi connectivity index (χ0n) is 11.1. The van der Waals surface area contributed by atoms with Crippen molar-refractivity contribution >= 4 is 27.5 Å². The smallest absolute Gasteiger partial charge is 0.231 e. The van der Waals surface area contributed by atoms with Crippen LogP contribution in [0.2, 0.25) is 0 Å². The van der Waals surface area contributed by atoms with Gasteiger partial charge in [-0.2, -0.15) is 0 Å². The molecule has 1 aliphatic carbocycles. The second-order valence-electron chi connectivity index (χ2n) is 5.11. The lowest BCUT2D eigenvalue weighted by Crippen LogP contribution is -2.24. The van der Waals surface area contributed by atoms with Crippen LogP contribution in [-0.2, 0) is 11.2 Å². The van der Waals surface area contributed by atoms with E-state index >= 15 is 0 Å². The van der Waals surface area contributed by atoms with Gasteiger partial charge in [0.15, 0.2) is 0 Å². The number of carbonyl (C=O) groups excluding carboxylic acids is 1. The maximum atomic E-state index is 12.6. The minimum Gasteiger partial charge on any atom is -0.325 e. The third-order valence-corrected chi connectivity index (χ3v) is 4.51. The Hall–Kier alpha value is -1.61. The number of hydrogen-bond donors (Lipinski definition) is 1. The van der Waals surface area contributed by atoms with Crippen molar-refractivity contribution < 1.29 is 4.79 Å². The molecule has 0 radical (unpaired) electrons.